The first-order chi connectivity index (χ1) is 11.3. The van der Waals surface area contributed by atoms with Crippen LogP contribution in [0.4, 0.5) is 10.1 Å². The average Bonchev–Trinajstić information content (AvgIpc) is 3.08. The Bertz CT molecular complexity index is 1010. The number of halogens is 1. The van der Waals surface area contributed by atoms with Crippen molar-refractivity contribution < 1.29 is 17.2 Å². The second-order valence-corrected chi connectivity index (χ2v) is 8.16. The summed E-state index contributed by atoms with van der Waals surface area (Å²) in [6.45, 7) is 4.98. The van der Waals surface area contributed by atoms with E-state index < -0.39 is 15.8 Å². The molecule has 2 heterocycles. The van der Waals surface area contributed by atoms with E-state index in [9.17, 15) is 12.8 Å². The van der Waals surface area contributed by atoms with Gasteiger partial charge in [-0.15, -0.1) is 21.5 Å². The zero-order valence-electron chi connectivity index (χ0n) is 13.1. The number of anilines is 1. The molecule has 6 nitrogen and oxygen atoms in total. The van der Waals surface area contributed by atoms with Crippen molar-refractivity contribution in [2.45, 2.75) is 25.7 Å². The van der Waals surface area contributed by atoms with Gasteiger partial charge >= 0.3 is 0 Å². The monoisotopic (exact) mass is 367 g/mol. The summed E-state index contributed by atoms with van der Waals surface area (Å²) in [5, 5.41) is 7.68. The van der Waals surface area contributed by atoms with Crippen molar-refractivity contribution >= 4 is 27.0 Å². The highest BCUT2D eigenvalue weighted by molar-refractivity contribution is 7.92. The molecule has 0 amide bonds. The predicted octanol–water partition coefficient (Wildman–Crippen LogP) is 3.66. The quantitative estimate of drug-likeness (QED) is 0.760. The van der Waals surface area contributed by atoms with Crippen molar-refractivity contribution in [3.8, 4) is 10.8 Å². The zero-order valence-corrected chi connectivity index (χ0v) is 14.8. The number of nitrogens with zero attached hydrogens (tertiary/aromatic N) is 2. The number of hydrogen-bond acceptors (Lipinski definition) is 6. The first-order valence-corrected chi connectivity index (χ1v) is 9.26. The number of aryl methyl sites for hydroxylation is 3. The molecule has 0 spiro atoms. The Kier molecular flexibility index (Phi) is 4.14. The number of hydrogen-bond donors (Lipinski definition) is 1. The van der Waals surface area contributed by atoms with Gasteiger partial charge in [-0.1, -0.05) is 0 Å². The van der Waals surface area contributed by atoms with Gasteiger partial charge in [-0.25, -0.2) is 12.8 Å². The van der Waals surface area contributed by atoms with Crippen LogP contribution in [0.3, 0.4) is 0 Å². The third-order valence-corrected chi connectivity index (χ3v) is 5.74. The lowest BCUT2D eigenvalue weighted by molar-refractivity contribution is 0.534. The molecule has 0 aliphatic heterocycles. The lowest BCUT2D eigenvalue weighted by atomic mass is 10.2. The van der Waals surface area contributed by atoms with Crippen molar-refractivity contribution in [3.05, 3.63) is 46.4 Å². The van der Waals surface area contributed by atoms with Gasteiger partial charge in [-0.3, -0.25) is 4.72 Å². The van der Waals surface area contributed by atoms with Gasteiger partial charge in [0.05, 0.1) is 15.5 Å². The van der Waals surface area contributed by atoms with Gasteiger partial charge in [0.1, 0.15) is 5.82 Å². The van der Waals surface area contributed by atoms with E-state index in [-0.39, 0.29) is 10.5 Å². The lowest BCUT2D eigenvalue weighted by Crippen LogP contribution is -2.13. The average molecular weight is 367 g/mol. The lowest BCUT2D eigenvalue weighted by Gasteiger charge is -2.08. The van der Waals surface area contributed by atoms with E-state index in [0.29, 0.717) is 22.3 Å². The summed E-state index contributed by atoms with van der Waals surface area (Å²) in [5.41, 5.74) is 0.690. The standard InChI is InChI=1S/C15H14FN3O3S2/c1-8-6-11(4-5-12(8)16)24(20,21)19-13-7-14(23-9(13)2)15-18-17-10(3)22-15/h4-7,19H,1-3H3. The first-order valence-electron chi connectivity index (χ1n) is 6.96. The Hall–Kier alpha value is -2.26. The molecule has 0 atom stereocenters. The molecule has 0 saturated heterocycles. The zero-order chi connectivity index (χ0) is 17.5. The second-order valence-electron chi connectivity index (χ2n) is 5.22. The van der Waals surface area contributed by atoms with Gasteiger partial charge in [0.25, 0.3) is 15.9 Å². The molecule has 0 aliphatic carbocycles. The maximum absolute atomic E-state index is 13.3. The van der Waals surface area contributed by atoms with Crippen LogP contribution in [0.5, 0.6) is 0 Å². The van der Waals surface area contributed by atoms with E-state index in [4.69, 9.17) is 4.42 Å². The summed E-state index contributed by atoms with van der Waals surface area (Å²) >= 11 is 1.34. The normalized spacial score (nSPS) is 11.7. The fourth-order valence-corrected chi connectivity index (χ4v) is 4.23. The Morgan fingerprint density at radius 3 is 2.54 bits per heavy atom. The summed E-state index contributed by atoms with van der Waals surface area (Å²) in [6, 6.07) is 5.30. The van der Waals surface area contributed by atoms with E-state index in [1.54, 1.807) is 19.9 Å². The molecule has 0 aliphatic rings. The highest BCUT2D eigenvalue weighted by Crippen LogP contribution is 2.34. The van der Waals surface area contributed by atoms with Gasteiger partial charge in [-0.2, -0.15) is 0 Å². The third kappa shape index (κ3) is 3.17. The Morgan fingerprint density at radius 2 is 1.92 bits per heavy atom. The number of benzene rings is 1. The fourth-order valence-electron chi connectivity index (χ4n) is 2.07. The molecular weight excluding hydrogens is 353 g/mol. The smallest absolute Gasteiger partial charge is 0.261 e. The summed E-state index contributed by atoms with van der Waals surface area (Å²) in [7, 11) is -3.82. The van der Waals surface area contributed by atoms with E-state index in [1.807, 2.05) is 0 Å². The minimum atomic E-state index is -3.82. The summed E-state index contributed by atoms with van der Waals surface area (Å²) in [4.78, 5) is 1.42. The predicted molar refractivity (Wildman–Crippen MR) is 89.0 cm³/mol. The second kappa shape index (κ2) is 5.99. The molecule has 3 aromatic rings. The van der Waals surface area contributed by atoms with Crippen LogP contribution in [0.2, 0.25) is 0 Å². The number of nitrogens with one attached hydrogen (secondary N) is 1. The van der Waals surface area contributed by atoms with Crippen LogP contribution in [0.25, 0.3) is 10.8 Å². The van der Waals surface area contributed by atoms with Gasteiger partial charge < -0.3 is 4.42 Å². The van der Waals surface area contributed by atoms with Gasteiger partial charge in [0.15, 0.2) is 0 Å². The van der Waals surface area contributed by atoms with E-state index in [1.165, 1.54) is 30.4 Å². The molecular formula is C15H14FN3O3S2. The van der Waals surface area contributed by atoms with Crippen LogP contribution < -0.4 is 4.72 Å². The molecule has 0 bridgehead atoms. The maximum atomic E-state index is 13.3. The SMILES string of the molecule is Cc1nnc(-c2cc(NS(=O)(=O)c3ccc(F)c(C)c3)c(C)s2)o1. The highest BCUT2D eigenvalue weighted by atomic mass is 32.2. The van der Waals surface area contributed by atoms with Crippen molar-refractivity contribution in [1.82, 2.24) is 10.2 Å². The molecule has 1 N–H and O–H groups in total. The molecule has 2 aromatic heterocycles. The Labute approximate surface area is 142 Å². The van der Waals surface area contributed by atoms with Crippen LogP contribution in [0, 0.1) is 26.6 Å². The van der Waals surface area contributed by atoms with Crippen LogP contribution in [-0.4, -0.2) is 18.6 Å². The molecule has 0 unspecified atom stereocenters. The molecule has 0 saturated carbocycles. The molecule has 1 aromatic carbocycles. The van der Waals surface area contributed by atoms with Crippen molar-refractivity contribution in [1.29, 1.82) is 0 Å². The molecule has 126 valence electrons. The van der Waals surface area contributed by atoms with Crippen LogP contribution in [0.1, 0.15) is 16.3 Å². The van der Waals surface area contributed by atoms with E-state index in [0.717, 1.165) is 10.9 Å². The number of thiophene rings is 1. The Balaban J connectivity index is 1.92. The molecule has 9 heteroatoms. The van der Waals surface area contributed by atoms with Gasteiger partial charge in [0.2, 0.25) is 5.89 Å². The maximum Gasteiger partial charge on any atom is 0.261 e. The molecule has 0 fully saturated rings. The minimum absolute atomic E-state index is 0.00202. The van der Waals surface area contributed by atoms with E-state index >= 15 is 0 Å². The van der Waals surface area contributed by atoms with Crippen molar-refractivity contribution in [2.75, 3.05) is 4.72 Å². The van der Waals surface area contributed by atoms with Crippen LogP contribution in [-0.2, 0) is 10.0 Å². The molecule has 0 radical (unpaired) electrons. The topological polar surface area (TPSA) is 85.1 Å². The molecule has 24 heavy (non-hydrogen) atoms. The van der Waals surface area contributed by atoms with Crippen molar-refractivity contribution in [3.63, 3.8) is 0 Å². The van der Waals surface area contributed by atoms with Gasteiger partial charge in [0, 0.05) is 11.8 Å². The number of rotatable bonds is 4. The van der Waals surface area contributed by atoms with Gasteiger partial charge in [-0.05, 0) is 43.7 Å². The van der Waals surface area contributed by atoms with Crippen molar-refractivity contribution in [2.24, 2.45) is 0 Å². The van der Waals surface area contributed by atoms with Crippen LogP contribution in [0.15, 0.2) is 33.6 Å². The highest BCUT2D eigenvalue weighted by Gasteiger charge is 2.19. The first kappa shape index (κ1) is 16.6. The summed E-state index contributed by atoms with van der Waals surface area (Å²) < 4.78 is 46.2. The number of sulfonamides is 1. The molecule has 3 rings (SSSR count). The number of aromatic nitrogens is 2. The fraction of sp³-hybridized carbons (Fsp3) is 0.200. The van der Waals surface area contributed by atoms with E-state index in [2.05, 4.69) is 14.9 Å². The third-order valence-electron chi connectivity index (χ3n) is 3.34. The largest absolute Gasteiger partial charge is 0.420 e. The summed E-state index contributed by atoms with van der Waals surface area (Å²) in [6.07, 6.45) is 0. The van der Waals surface area contributed by atoms with Crippen LogP contribution >= 0.6 is 11.3 Å². The summed E-state index contributed by atoms with van der Waals surface area (Å²) in [5.74, 6) is 0.318. The Morgan fingerprint density at radius 1 is 1.17 bits per heavy atom. The minimum Gasteiger partial charge on any atom is -0.420 e.